The molecule has 6 heteroatoms. The van der Waals surface area contributed by atoms with Crippen LogP contribution in [0.2, 0.25) is 0 Å². The van der Waals surface area contributed by atoms with Crippen LogP contribution in [0.4, 0.5) is 5.69 Å². The molecule has 1 aliphatic heterocycles. The monoisotopic (exact) mass is 290 g/mol. The molecular weight excluding hydrogens is 272 g/mol. The molecule has 2 N–H and O–H groups in total. The van der Waals surface area contributed by atoms with Gasteiger partial charge in [-0.1, -0.05) is 18.2 Å². The number of carboxylic acid groups (broad SMARTS) is 1. The number of rotatable bonds is 6. The van der Waals surface area contributed by atoms with E-state index in [0.717, 1.165) is 0 Å². The molecule has 6 nitrogen and oxygen atoms in total. The van der Waals surface area contributed by atoms with Crippen LogP contribution in [0.5, 0.6) is 0 Å². The summed E-state index contributed by atoms with van der Waals surface area (Å²) in [5.41, 5.74) is 0.717. The van der Waals surface area contributed by atoms with E-state index in [0.29, 0.717) is 31.5 Å². The van der Waals surface area contributed by atoms with Gasteiger partial charge in [-0.25, -0.2) is 0 Å². The Hall–Kier alpha value is -2.37. The van der Waals surface area contributed by atoms with Crippen LogP contribution >= 0.6 is 0 Å². The smallest absolute Gasteiger partial charge is 0.303 e. The van der Waals surface area contributed by atoms with Gasteiger partial charge in [-0.15, -0.1) is 0 Å². The van der Waals surface area contributed by atoms with E-state index in [4.69, 9.17) is 5.11 Å². The Balaban J connectivity index is 2.09. The molecule has 2 amide bonds. The Kier molecular flexibility index (Phi) is 4.92. The van der Waals surface area contributed by atoms with Crippen LogP contribution in [0.15, 0.2) is 30.3 Å². The molecule has 1 atom stereocenters. The highest BCUT2D eigenvalue weighted by Gasteiger charge is 2.31. The fraction of sp³-hybridized carbons (Fsp3) is 0.400. The Morgan fingerprint density at radius 1 is 1.29 bits per heavy atom. The number of nitrogens with zero attached hydrogens (tertiary/aromatic N) is 1. The van der Waals surface area contributed by atoms with Crippen molar-refractivity contribution in [3.8, 4) is 0 Å². The average molecular weight is 290 g/mol. The number of para-hydroxylation sites is 1. The molecule has 0 saturated carbocycles. The van der Waals surface area contributed by atoms with Crippen molar-refractivity contribution in [2.45, 2.75) is 31.7 Å². The normalized spacial score (nSPS) is 17.3. The third-order valence-corrected chi connectivity index (χ3v) is 3.40. The summed E-state index contributed by atoms with van der Waals surface area (Å²) < 4.78 is 0. The van der Waals surface area contributed by atoms with Crippen molar-refractivity contribution in [1.29, 1.82) is 0 Å². The lowest BCUT2D eigenvalue weighted by molar-refractivity contribution is -0.137. The molecule has 1 unspecified atom stereocenters. The van der Waals surface area contributed by atoms with Gasteiger partial charge in [-0.3, -0.25) is 14.4 Å². The summed E-state index contributed by atoms with van der Waals surface area (Å²) in [7, 11) is 0. The molecule has 0 bridgehead atoms. The van der Waals surface area contributed by atoms with Crippen molar-refractivity contribution < 1.29 is 19.5 Å². The van der Waals surface area contributed by atoms with Crippen LogP contribution in [0.25, 0.3) is 0 Å². The van der Waals surface area contributed by atoms with E-state index in [9.17, 15) is 14.4 Å². The maximum Gasteiger partial charge on any atom is 0.303 e. The van der Waals surface area contributed by atoms with Gasteiger partial charge < -0.3 is 15.3 Å². The Morgan fingerprint density at radius 3 is 2.57 bits per heavy atom. The lowest BCUT2D eigenvalue weighted by atomic mass is 10.1. The second kappa shape index (κ2) is 6.88. The first-order valence-electron chi connectivity index (χ1n) is 6.95. The number of anilines is 1. The largest absolute Gasteiger partial charge is 0.481 e. The Morgan fingerprint density at radius 2 is 2.00 bits per heavy atom. The summed E-state index contributed by atoms with van der Waals surface area (Å²) in [5.74, 6) is -1.19. The first-order valence-corrected chi connectivity index (χ1v) is 6.95. The maximum absolute atomic E-state index is 12.5. The van der Waals surface area contributed by atoms with Crippen LogP contribution in [-0.4, -0.2) is 35.5 Å². The molecule has 2 rings (SSSR count). The summed E-state index contributed by atoms with van der Waals surface area (Å²) in [6.07, 6.45) is 1.22. The summed E-state index contributed by atoms with van der Waals surface area (Å²) >= 11 is 0. The lowest BCUT2D eigenvalue weighted by Crippen LogP contribution is -2.45. The number of amides is 2. The zero-order valence-electron chi connectivity index (χ0n) is 11.6. The molecule has 0 spiro atoms. The lowest BCUT2D eigenvalue weighted by Gasteiger charge is -2.25. The van der Waals surface area contributed by atoms with Crippen LogP contribution in [0.3, 0.4) is 0 Å². The van der Waals surface area contributed by atoms with Gasteiger partial charge >= 0.3 is 5.97 Å². The molecule has 1 aliphatic rings. The quantitative estimate of drug-likeness (QED) is 0.823. The first-order chi connectivity index (χ1) is 10.1. The molecule has 1 fully saturated rings. The van der Waals surface area contributed by atoms with Crippen LogP contribution in [0, 0.1) is 0 Å². The minimum absolute atomic E-state index is 0.00758. The first kappa shape index (κ1) is 15.0. The molecule has 1 aromatic rings. The molecule has 0 radical (unpaired) electrons. The van der Waals surface area contributed by atoms with E-state index < -0.39 is 12.0 Å². The van der Waals surface area contributed by atoms with E-state index >= 15 is 0 Å². The van der Waals surface area contributed by atoms with E-state index in [1.54, 1.807) is 17.0 Å². The van der Waals surface area contributed by atoms with Crippen molar-refractivity contribution in [3.05, 3.63) is 30.3 Å². The predicted molar refractivity (Wildman–Crippen MR) is 76.8 cm³/mol. The van der Waals surface area contributed by atoms with Crippen molar-refractivity contribution in [3.63, 3.8) is 0 Å². The van der Waals surface area contributed by atoms with Crippen molar-refractivity contribution >= 4 is 23.5 Å². The molecule has 21 heavy (non-hydrogen) atoms. The zero-order chi connectivity index (χ0) is 15.2. The third-order valence-electron chi connectivity index (χ3n) is 3.40. The minimum atomic E-state index is -0.885. The molecule has 1 aromatic carbocycles. The minimum Gasteiger partial charge on any atom is -0.481 e. The van der Waals surface area contributed by atoms with Gasteiger partial charge in [0.15, 0.2) is 0 Å². The number of aliphatic carboxylic acids is 1. The SMILES string of the molecule is O=C(O)CCCN(C(=O)C1CCC(=O)N1)c1ccccc1. The standard InChI is InChI=1S/C15H18N2O4/c18-13-9-8-12(16-13)15(21)17(10-4-7-14(19)20)11-5-2-1-3-6-11/h1-3,5-6,12H,4,7-10H2,(H,16,18)(H,19,20). The third kappa shape index (κ3) is 4.05. The van der Waals surface area contributed by atoms with Gasteiger partial charge in [-0.2, -0.15) is 0 Å². The number of benzene rings is 1. The second-order valence-corrected chi connectivity index (χ2v) is 4.98. The van der Waals surface area contributed by atoms with E-state index in [1.807, 2.05) is 18.2 Å². The highest BCUT2D eigenvalue weighted by Crippen LogP contribution is 2.18. The summed E-state index contributed by atoms with van der Waals surface area (Å²) in [6, 6.07) is 8.58. The number of carbonyl (C=O) groups is 3. The highest BCUT2D eigenvalue weighted by molar-refractivity contribution is 6.00. The number of nitrogens with one attached hydrogen (secondary N) is 1. The predicted octanol–water partition coefficient (Wildman–Crippen LogP) is 1.16. The van der Waals surface area contributed by atoms with Crippen molar-refractivity contribution in [2.75, 3.05) is 11.4 Å². The average Bonchev–Trinajstić information content (AvgIpc) is 2.90. The summed E-state index contributed by atoms with van der Waals surface area (Å²) in [4.78, 5) is 36.0. The van der Waals surface area contributed by atoms with Gasteiger partial charge in [-0.05, 0) is 25.0 Å². The Labute approximate surface area is 122 Å². The van der Waals surface area contributed by atoms with E-state index in [2.05, 4.69) is 5.32 Å². The van der Waals surface area contributed by atoms with E-state index in [1.165, 1.54) is 0 Å². The fourth-order valence-corrected chi connectivity index (χ4v) is 2.35. The molecule has 0 aliphatic carbocycles. The van der Waals surface area contributed by atoms with Gasteiger partial charge in [0.2, 0.25) is 11.8 Å². The highest BCUT2D eigenvalue weighted by atomic mass is 16.4. The van der Waals surface area contributed by atoms with Gasteiger partial charge in [0.25, 0.3) is 0 Å². The van der Waals surface area contributed by atoms with Gasteiger partial charge in [0, 0.05) is 25.1 Å². The van der Waals surface area contributed by atoms with Crippen LogP contribution in [-0.2, 0) is 14.4 Å². The van der Waals surface area contributed by atoms with Crippen molar-refractivity contribution in [1.82, 2.24) is 5.32 Å². The number of hydrogen-bond donors (Lipinski definition) is 2. The number of carboxylic acids is 1. The maximum atomic E-state index is 12.5. The number of hydrogen-bond acceptors (Lipinski definition) is 3. The molecule has 0 aromatic heterocycles. The summed E-state index contributed by atoms with van der Waals surface area (Å²) in [5, 5.41) is 11.4. The van der Waals surface area contributed by atoms with Crippen molar-refractivity contribution in [2.24, 2.45) is 0 Å². The number of carbonyl (C=O) groups excluding carboxylic acids is 2. The van der Waals surface area contributed by atoms with Crippen LogP contribution < -0.4 is 10.2 Å². The molecule has 1 heterocycles. The fourth-order valence-electron chi connectivity index (χ4n) is 2.35. The van der Waals surface area contributed by atoms with Crippen LogP contribution in [0.1, 0.15) is 25.7 Å². The summed E-state index contributed by atoms with van der Waals surface area (Å²) in [6.45, 7) is 0.321. The van der Waals surface area contributed by atoms with Gasteiger partial charge in [0.1, 0.15) is 6.04 Å². The van der Waals surface area contributed by atoms with E-state index in [-0.39, 0.29) is 18.2 Å². The van der Waals surface area contributed by atoms with Gasteiger partial charge in [0.05, 0.1) is 0 Å². The zero-order valence-corrected chi connectivity index (χ0v) is 11.6. The second-order valence-electron chi connectivity index (χ2n) is 4.98. The topological polar surface area (TPSA) is 86.7 Å². The Bertz CT molecular complexity index is 530. The molecule has 112 valence electrons. The molecular formula is C15H18N2O4. The molecule has 1 saturated heterocycles.